The first-order chi connectivity index (χ1) is 13.0. The third kappa shape index (κ3) is 3.29. The zero-order chi connectivity index (χ0) is 19.0. The van der Waals surface area contributed by atoms with Gasteiger partial charge in [-0.15, -0.1) is 10.2 Å². The van der Waals surface area contributed by atoms with Crippen LogP contribution in [0.5, 0.6) is 0 Å². The van der Waals surface area contributed by atoms with Gasteiger partial charge in [0.1, 0.15) is 17.5 Å². The Hall–Kier alpha value is -2.84. The van der Waals surface area contributed by atoms with E-state index in [0.717, 1.165) is 18.6 Å². The third-order valence-electron chi connectivity index (χ3n) is 4.89. The van der Waals surface area contributed by atoms with Crippen LogP contribution in [0.25, 0.3) is 11.5 Å². The Morgan fingerprint density at radius 2 is 1.81 bits per heavy atom. The molecule has 0 saturated heterocycles. The van der Waals surface area contributed by atoms with Gasteiger partial charge < -0.3 is 4.42 Å². The van der Waals surface area contributed by atoms with E-state index in [2.05, 4.69) is 20.2 Å². The summed E-state index contributed by atoms with van der Waals surface area (Å²) in [4.78, 5) is 8.42. The molecule has 4 rings (SSSR count). The zero-order valence-corrected chi connectivity index (χ0v) is 14.0. The topological polar surface area (TPSA) is 64.7 Å². The monoisotopic (exact) mass is 378 g/mol. The van der Waals surface area contributed by atoms with Crippen LogP contribution >= 0.6 is 0 Å². The van der Waals surface area contributed by atoms with Gasteiger partial charge >= 0.3 is 6.43 Å². The third-order valence-corrected chi connectivity index (χ3v) is 4.89. The number of rotatable bonds is 5. The summed E-state index contributed by atoms with van der Waals surface area (Å²) in [5.41, 5.74) is 0.0961. The lowest BCUT2D eigenvalue weighted by Gasteiger charge is -2.42. The van der Waals surface area contributed by atoms with E-state index in [1.54, 1.807) is 0 Å². The average Bonchev–Trinajstić information content (AvgIpc) is 3.11. The Morgan fingerprint density at radius 1 is 1.07 bits per heavy atom. The summed E-state index contributed by atoms with van der Waals surface area (Å²) in [7, 11) is 0. The summed E-state index contributed by atoms with van der Waals surface area (Å²) < 4.78 is 57.8. The van der Waals surface area contributed by atoms with Crippen molar-refractivity contribution >= 4 is 0 Å². The number of benzene rings is 1. The van der Waals surface area contributed by atoms with Crippen molar-refractivity contribution in [3.63, 3.8) is 0 Å². The Labute approximate surface area is 151 Å². The highest BCUT2D eigenvalue weighted by molar-refractivity contribution is 5.48. The second kappa shape index (κ2) is 6.71. The lowest BCUT2D eigenvalue weighted by atomic mass is 9.62. The molecule has 0 amide bonds. The molecule has 0 radical (unpaired) electrons. The molecule has 2 aromatic heterocycles. The molecule has 0 atom stereocenters. The molecule has 0 unspecified atom stereocenters. The largest absolute Gasteiger partial charge is 0.415 e. The second-order valence-corrected chi connectivity index (χ2v) is 6.57. The summed E-state index contributed by atoms with van der Waals surface area (Å²) in [6.07, 6.45) is 2.59. The van der Waals surface area contributed by atoms with Crippen LogP contribution in [-0.2, 0) is 11.8 Å². The Bertz CT molecular complexity index is 954. The molecular weight excluding hydrogens is 364 g/mol. The highest BCUT2D eigenvalue weighted by Crippen LogP contribution is 2.46. The van der Waals surface area contributed by atoms with E-state index in [1.807, 2.05) is 0 Å². The van der Waals surface area contributed by atoms with E-state index >= 15 is 0 Å². The molecule has 0 N–H and O–H groups in total. The van der Waals surface area contributed by atoms with Crippen LogP contribution in [0.3, 0.4) is 0 Å². The van der Waals surface area contributed by atoms with Gasteiger partial charge in [-0.25, -0.2) is 18.7 Å². The van der Waals surface area contributed by atoms with Crippen LogP contribution < -0.4 is 0 Å². The predicted molar refractivity (Wildman–Crippen MR) is 85.9 cm³/mol. The predicted octanol–water partition coefficient (Wildman–Crippen LogP) is 4.41. The molecule has 27 heavy (non-hydrogen) atoms. The summed E-state index contributed by atoms with van der Waals surface area (Å²) >= 11 is 0. The Morgan fingerprint density at radius 3 is 2.41 bits per heavy atom. The van der Waals surface area contributed by atoms with Crippen molar-refractivity contribution in [1.82, 2.24) is 20.2 Å². The number of hydrogen-bond donors (Lipinski definition) is 0. The van der Waals surface area contributed by atoms with Crippen molar-refractivity contribution < 1.29 is 22.0 Å². The van der Waals surface area contributed by atoms with Gasteiger partial charge in [0, 0.05) is 24.2 Å². The average molecular weight is 378 g/mol. The Kier molecular flexibility index (Phi) is 4.37. The minimum absolute atomic E-state index is 0.105. The molecule has 1 saturated carbocycles. The smallest absolute Gasteiger partial charge is 0.314 e. The summed E-state index contributed by atoms with van der Waals surface area (Å²) in [5, 5.41) is 6.79. The normalized spacial score (nSPS) is 15.7. The number of halogens is 4. The second-order valence-electron chi connectivity index (χ2n) is 6.57. The molecule has 0 spiro atoms. The lowest BCUT2D eigenvalue weighted by Crippen LogP contribution is -2.38. The van der Waals surface area contributed by atoms with Crippen LogP contribution in [0.15, 0.2) is 35.0 Å². The number of aromatic nitrogens is 4. The zero-order valence-electron chi connectivity index (χ0n) is 14.0. The van der Waals surface area contributed by atoms with Gasteiger partial charge in [0.15, 0.2) is 0 Å². The van der Waals surface area contributed by atoms with Gasteiger partial charge in [-0.3, -0.25) is 0 Å². The molecule has 5 nitrogen and oxygen atoms in total. The first-order valence-corrected chi connectivity index (χ1v) is 8.35. The molecule has 9 heteroatoms. The van der Waals surface area contributed by atoms with Gasteiger partial charge in [-0.2, -0.15) is 8.78 Å². The first kappa shape index (κ1) is 17.6. The Balaban J connectivity index is 1.57. The van der Waals surface area contributed by atoms with Crippen molar-refractivity contribution in [2.24, 2.45) is 0 Å². The molecule has 1 aromatic carbocycles. The molecular formula is C18H14F4N4O. The molecule has 1 fully saturated rings. The summed E-state index contributed by atoms with van der Waals surface area (Å²) in [6.45, 7) is 0. The maximum Gasteiger partial charge on any atom is 0.314 e. The maximum atomic E-state index is 14.2. The van der Waals surface area contributed by atoms with Crippen LogP contribution in [0.2, 0.25) is 0 Å². The highest BCUT2D eigenvalue weighted by Gasteiger charge is 2.41. The quantitative estimate of drug-likeness (QED) is 0.616. The van der Waals surface area contributed by atoms with Crippen LogP contribution in [-0.4, -0.2) is 20.2 Å². The van der Waals surface area contributed by atoms with Crippen molar-refractivity contribution in [2.75, 3.05) is 0 Å². The van der Waals surface area contributed by atoms with Crippen LogP contribution in [0.1, 0.15) is 43.0 Å². The first-order valence-electron chi connectivity index (χ1n) is 8.35. The minimum atomic E-state index is -2.86. The maximum absolute atomic E-state index is 14.2. The van der Waals surface area contributed by atoms with Crippen molar-refractivity contribution in [3.8, 4) is 11.5 Å². The van der Waals surface area contributed by atoms with E-state index < -0.39 is 29.4 Å². The van der Waals surface area contributed by atoms with E-state index in [9.17, 15) is 17.6 Å². The lowest BCUT2D eigenvalue weighted by molar-refractivity contribution is 0.116. The van der Waals surface area contributed by atoms with Gasteiger partial charge in [-0.05, 0) is 36.6 Å². The van der Waals surface area contributed by atoms with Crippen LogP contribution in [0, 0.1) is 11.6 Å². The standard InChI is InChI=1S/C18H14F4N4O/c19-11-2-3-13(20)12(6-11)18(4-1-5-18)7-14-23-8-10(9-24-14)16-25-26-17(27-16)15(21)22/h2-3,6,8-9,15H,1,4-5,7H2. The fourth-order valence-electron chi connectivity index (χ4n) is 3.35. The fraction of sp³-hybridized carbons (Fsp3) is 0.333. The number of hydrogen-bond acceptors (Lipinski definition) is 5. The van der Waals surface area contributed by atoms with Crippen LogP contribution in [0.4, 0.5) is 17.6 Å². The van der Waals surface area contributed by atoms with E-state index in [0.29, 0.717) is 36.2 Å². The van der Waals surface area contributed by atoms with Crippen molar-refractivity contribution in [2.45, 2.75) is 37.5 Å². The van der Waals surface area contributed by atoms with Gasteiger partial charge in [0.2, 0.25) is 0 Å². The van der Waals surface area contributed by atoms with E-state index in [4.69, 9.17) is 4.42 Å². The SMILES string of the molecule is Fc1ccc(F)c(C2(Cc3ncc(-c4nnc(C(F)F)o4)cn3)CCC2)c1. The number of nitrogens with zero attached hydrogens (tertiary/aromatic N) is 4. The highest BCUT2D eigenvalue weighted by atomic mass is 19.3. The van der Waals surface area contributed by atoms with Gasteiger partial charge in [-0.1, -0.05) is 6.42 Å². The fourth-order valence-corrected chi connectivity index (χ4v) is 3.35. The van der Waals surface area contributed by atoms with Crippen molar-refractivity contribution in [3.05, 3.63) is 59.5 Å². The van der Waals surface area contributed by atoms with E-state index in [1.165, 1.54) is 18.5 Å². The minimum Gasteiger partial charge on any atom is -0.415 e. The summed E-state index contributed by atoms with van der Waals surface area (Å²) in [6, 6.07) is 3.45. The van der Waals surface area contributed by atoms with Crippen molar-refractivity contribution in [1.29, 1.82) is 0 Å². The molecule has 3 aromatic rings. The molecule has 140 valence electrons. The molecule has 1 aliphatic rings. The summed E-state index contributed by atoms with van der Waals surface area (Å²) in [5.74, 6) is -1.37. The van der Waals surface area contributed by atoms with E-state index in [-0.39, 0.29) is 5.89 Å². The molecule has 2 heterocycles. The van der Waals surface area contributed by atoms with Gasteiger partial charge in [0.05, 0.1) is 5.56 Å². The van der Waals surface area contributed by atoms with Gasteiger partial charge in [0.25, 0.3) is 11.8 Å². The molecule has 0 aliphatic heterocycles. The molecule has 0 bridgehead atoms. The molecule has 1 aliphatic carbocycles. The number of alkyl halides is 2.